The van der Waals surface area contributed by atoms with Gasteiger partial charge in [-0.1, -0.05) is 77.4 Å². The molecule has 0 spiro atoms. The van der Waals surface area contributed by atoms with Crippen LogP contribution in [0.15, 0.2) is 81.5 Å². The van der Waals surface area contributed by atoms with E-state index < -0.39 is 11.4 Å². The topological polar surface area (TPSA) is 44.7 Å². The van der Waals surface area contributed by atoms with Gasteiger partial charge in [-0.15, -0.1) is 11.6 Å². The number of carbonyl (C=O) groups excluding carboxylic acids is 1. The molecule has 4 nitrogen and oxygen atoms in total. The van der Waals surface area contributed by atoms with E-state index in [0.29, 0.717) is 21.4 Å². The highest BCUT2D eigenvalue weighted by atomic mass is 35.5. The third-order valence-electron chi connectivity index (χ3n) is 5.01. The van der Waals surface area contributed by atoms with E-state index >= 15 is 0 Å². The minimum absolute atomic E-state index is 0.247. The largest absolute Gasteiger partial charge is 0.278 e. The lowest BCUT2D eigenvalue weighted by Crippen LogP contribution is -2.63. The Balaban J connectivity index is 1.56. The summed E-state index contributed by atoms with van der Waals surface area (Å²) < 4.78 is 0. The van der Waals surface area contributed by atoms with Crippen molar-refractivity contribution < 1.29 is 4.79 Å². The molecule has 0 saturated carbocycles. The molecule has 0 aliphatic carbocycles. The molecular formula is C22H14Cl3N3OS. The highest BCUT2D eigenvalue weighted by Crippen LogP contribution is 2.43. The Morgan fingerprint density at radius 2 is 1.67 bits per heavy atom. The van der Waals surface area contributed by atoms with Crippen LogP contribution >= 0.6 is 46.6 Å². The number of rotatable bonds is 2. The number of para-hydroxylation sites is 1. The molecule has 3 aromatic rings. The first-order valence-corrected chi connectivity index (χ1v) is 11.2. The summed E-state index contributed by atoms with van der Waals surface area (Å²) in [5, 5.41) is 1.54. The molecule has 0 aromatic heterocycles. The molecule has 2 atom stereocenters. The van der Waals surface area contributed by atoms with Crippen molar-refractivity contribution >= 4 is 64.0 Å². The van der Waals surface area contributed by atoms with Crippen LogP contribution < -0.4 is 5.43 Å². The fourth-order valence-electron chi connectivity index (χ4n) is 3.51. The summed E-state index contributed by atoms with van der Waals surface area (Å²) in [4.78, 5) is 19.6. The second kappa shape index (κ2) is 7.82. The summed E-state index contributed by atoms with van der Waals surface area (Å²) >= 11 is 20.6. The van der Waals surface area contributed by atoms with Crippen molar-refractivity contribution in [1.82, 2.24) is 10.4 Å². The molecule has 3 aromatic carbocycles. The lowest BCUT2D eigenvalue weighted by Gasteiger charge is -2.45. The lowest BCUT2D eigenvalue weighted by molar-refractivity contribution is -0.148. The zero-order valence-electron chi connectivity index (χ0n) is 15.4. The molecule has 2 aliphatic heterocycles. The summed E-state index contributed by atoms with van der Waals surface area (Å²) in [5.41, 5.74) is 5.62. The number of β-lactam (4-membered cyclic amide) rings is 1. The van der Waals surface area contributed by atoms with Crippen LogP contribution in [0.3, 0.4) is 0 Å². The number of hydrazine groups is 1. The van der Waals surface area contributed by atoms with E-state index in [-0.39, 0.29) is 5.91 Å². The molecular weight excluding hydrogens is 461 g/mol. The van der Waals surface area contributed by atoms with Crippen molar-refractivity contribution in [3.05, 3.63) is 87.9 Å². The highest BCUT2D eigenvalue weighted by Gasteiger charge is 2.49. The van der Waals surface area contributed by atoms with Gasteiger partial charge in [-0.05, 0) is 29.8 Å². The molecule has 2 aliphatic rings. The maximum atomic E-state index is 12.7. The first-order valence-electron chi connectivity index (χ1n) is 9.17. The van der Waals surface area contributed by atoms with Crippen LogP contribution in [0.5, 0.6) is 0 Å². The van der Waals surface area contributed by atoms with Crippen LogP contribution in [-0.4, -0.2) is 22.1 Å². The predicted octanol–water partition coefficient (Wildman–Crippen LogP) is 6.23. The average molecular weight is 475 g/mol. The summed E-state index contributed by atoms with van der Waals surface area (Å²) in [6.45, 7) is 0. The molecule has 30 heavy (non-hydrogen) atoms. The Bertz CT molecular complexity index is 1200. The van der Waals surface area contributed by atoms with Gasteiger partial charge in [0.25, 0.3) is 5.91 Å². The van der Waals surface area contributed by atoms with Crippen LogP contribution in [0.4, 0.5) is 5.69 Å². The number of benzene rings is 3. The van der Waals surface area contributed by atoms with Crippen molar-refractivity contribution in [3.63, 3.8) is 0 Å². The van der Waals surface area contributed by atoms with Crippen molar-refractivity contribution in [1.29, 1.82) is 0 Å². The molecule has 1 N–H and O–H groups in total. The molecule has 1 saturated heterocycles. The highest BCUT2D eigenvalue weighted by molar-refractivity contribution is 7.99. The number of hydrogen-bond acceptors (Lipinski definition) is 4. The average Bonchev–Trinajstić information content (AvgIpc) is 2.92. The maximum Gasteiger partial charge on any atom is 0.262 e. The SMILES string of the molecule is O=C1[C@H](Cl)[C@@H](c2cccc(Cl)c2Cl)N1NC1=Nc2ccccc2Sc2ccccc21. The van der Waals surface area contributed by atoms with Gasteiger partial charge >= 0.3 is 0 Å². The molecule has 0 unspecified atom stereocenters. The molecule has 2 heterocycles. The van der Waals surface area contributed by atoms with Crippen molar-refractivity contribution in [2.75, 3.05) is 0 Å². The van der Waals surface area contributed by atoms with Gasteiger partial charge in [0.05, 0.1) is 15.7 Å². The fourth-order valence-corrected chi connectivity index (χ4v) is 5.31. The normalized spacial score (nSPS) is 19.9. The minimum Gasteiger partial charge on any atom is -0.278 e. The summed E-state index contributed by atoms with van der Waals surface area (Å²) in [5.74, 6) is 0.325. The Morgan fingerprint density at radius 1 is 0.933 bits per heavy atom. The van der Waals surface area contributed by atoms with Crippen LogP contribution in [0.25, 0.3) is 0 Å². The van der Waals surface area contributed by atoms with E-state index in [0.717, 1.165) is 21.0 Å². The van der Waals surface area contributed by atoms with Crippen molar-refractivity contribution in [2.45, 2.75) is 21.2 Å². The van der Waals surface area contributed by atoms with E-state index in [1.807, 2.05) is 54.6 Å². The third-order valence-corrected chi connectivity index (χ3v) is 7.41. The predicted molar refractivity (Wildman–Crippen MR) is 122 cm³/mol. The van der Waals surface area contributed by atoms with E-state index in [2.05, 4.69) is 5.43 Å². The van der Waals surface area contributed by atoms with Gasteiger partial charge in [-0.2, -0.15) is 0 Å². The third kappa shape index (κ3) is 3.26. The van der Waals surface area contributed by atoms with Gasteiger partial charge in [0.15, 0.2) is 5.84 Å². The van der Waals surface area contributed by atoms with Crippen LogP contribution in [0.1, 0.15) is 17.2 Å². The Hall–Kier alpha value is -2.18. The van der Waals surface area contributed by atoms with Crippen molar-refractivity contribution in [2.24, 2.45) is 4.99 Å². The number of amidine groups is 1. The fraction of sp³-hybridized carbons (Fsp3) is 0.0909. The van der Waals surface area contributed by atoms with Crippen molar-refractivity contribution in [3.8, 4) is 0 Å². The first-order chi connectivity index (χ1) is 14.5. The second-order valence-corrected chi connectivity index (χ2v) is 9.18. The molecule has 150 valence electrons. The lowest BCUT2D eigenvalue weighted by atomic mass is 9.95. The van der Waals surface area contributed by atoms with E-state index in [4.69, 9.17) is 39.8 Å². The standard InChI is InChI=1S/C22H14Cl3N3OS/c23-14-8-5-7-13(18(14)24)20-19(25)22(29)28(20)27-21-12-6-1-3-10-16(12)30-17-11-4-2-9-15(17)26-21/h1-11,19-20H,(H,26,27)/t19-,20-/m1/s1. The monoisotopic (exact) mass is 473 g/mol. The Kier molecular flexibility index (Phi) is 5.15. The number of fused-ring (bicyclic) bond motifs is 2. The number of nitrogens with zero attached hydrogens (tertiary/aromatic N) is 2. The van der Waals surface area contributed by atoms with Gasteiger partial charge in [0, 0.05) is 15.4 Å². The number of alkyl halides is 1. The van der Waals surface area contributed by atoms with Crippen LogP contribution in [0, 0.1) is 0 Å². The molecule has 8 heteroatoms. The number of hydrogen-bond donors (Lipinski definition) is 1. The van der Waals surface area contributed by atoms with Gasteiger partial charge in [0.1, 0.15) is 11.4 Å². The van der Waals surface area contributed by atoms with Gasteiger partial charge in [0.2, 0.25) is 0 Å². The smallest absolute Gasteiger partial charge is 0.262 e. The second-order valence-electron chi connectivity index (χ2n) is 6.84. The van der Waals surface area contributed by atoms with E-state index in [1.54, 1.807) is 23.9 Å². The molecule has 1 fully saturated rings. The van der Waals surface area contributed by atoms with Gasteiger partial charge < -0.3 is 0 Å². The Morgan fingerprint density at radius 3 is 2.50 bits per heavy atom. The zero-order valence-corrected chi connectivity index (χ0v) is 18.4. The minimum atomic E-state index is -0.739. The van der Waals surface area contributed by atoms with E-state index in [1.165, 1.54) is 5.01 Å². The van der Waals surface area contributed by atoms with Crippen LogP contribution in [0.2, 0.25) is 10.0 Å². The number of halogens is 3. The van der Waals surface area contributed by atoms with Crippen LogP contribution in [-0.2, 0) is 4.79 Å². The molecule has 0 bridgehead atoms. The summed E-state index contributed by atoms with van der Waals surface area (Å²) in [6, 6.07) is 20.7. The maximum absolute atomic E-state index is 12.7. The molecule has 5 rings (SSSR count). The molecule has 0 radical (unpaired) electrons. The summed E-state index contributed by atoms with van der Waals surface area (Å²) in [7, 11) is 0. The molecule has 1 amide bonds. The van der Waals surface area contributed by atoms with Gasteiger partial charge in [-0.25, -0.2) is 10.0 Å². The first kappa shape index (κ1) is 19.8. The van der Waals surface area contributed by atoms with Gasteiger partial charge in [-0.3, -0.25) is 10.2 Å². The van der Waals surface area contributed by atoms with E-state index in [9.17, 15) is 4.79 Å². The zero-order chi connectivity index (χ0) is 20.8. The number of nitrogens with one attached hydrogen (secondary N) is 1. The number of carbonyl (C=O) groups is 1. The Labute approximate surface area is 192 Å². The number of aliphatic imine (C=N–C) groups is 1. The summed E-state index contributed by atoms with van der Waals surface area (Å²) in [6.07, 6.45) is 0. The number of amides is 1. The quantitative estimate of drug-likeness (QED) is 0.353.